The molecule has 3 aromatic carbocycles. The summed E-state index contributed by atoms with van der Waals surface area (Å²) in [7, 11) is 0. The summed E-state index contributed by atoms with van der Waals surface area (Å²) in [6, 6.07) is 23.9. The van der Waals surface area contributed by atoms with Gasteiger partial charge in [0.05, 0.1) is 12.1 Å². The van der Waals surface area contributed by atoms with Gasteiger partial charge in [-0.05, 0) is 135 Å². The monoisotopic (exact) mass is 1220 g/mol. The second-order valence-corrected chi connectivity index (χ2v) is 23.9. The SMILES string of the molecule is CC(C)(C)OC(=O)NCCCC[C@H](N)c1noc([C@H](CCC(=O)NC(c2ccccc2)(c2ccccc2)c2ccccc2)NC(=O)N2CCCC2C(=O)OC(C)(C)C)n1.NCCCC[C@H](N)c1noc([C@H](CCC(N)=O)NC(=O)N2CCCC2C(=O)O)n1. The summed E-state index contributed by atoms with van der Waals surface area (Å²) < 4.78 is 21.9. The largest absolute Gasteiger partial charge is 0.480 e. The average Bonchev–Trinajstić information content (AvgIpc) is 1.56. The van der Waals surface area contributed by atoms with E-state index in [-0.39, 0.29) is 49.2 Å². The highest BCUT2D eigenvalue weighted by Gasteiger charge is 2.41. The fourth-order valence-corrected chi connectivity index (χ4v) is 10.3. The Morgan fingerprint density at radius 2 is 1.07 bits per heavy atom. The molecule has 88 heavy (non-hydrogen) atoms. The Morgan fingerprint density at radius 3 is 1.51 bits per heavy atom. The number of benzene rings is 3. The van der Waals surface area contributed by atoms with E-state index in [4.69, 9.17) is 41.5 Å². The maximum Gasteiger partial charge on any atom is 0.407 e. The van der Waals surface area contributed by atoms with Gasteiger partial charge in [-0.3, -0.25) is 9.59 Å². The molecule has 7 amide bonds. The van der Waals surface area contributed by atoms with Crippen molar-refractivity contribution >= 4 is 41.9 Å². The molecule has 7 rings (SSSR count). The smallest absolute Gasteiger partial charge is 0.407 e. The third-order valence-electron chi connectivity index (χ3n) is 14.6. The molecule has 6 atom stereocenters. The Bertz CT molecular complexity index is 2950. The molecule has 2 aromatic heterocycles. The van der Waals surface area contributed by atoms with Gasteiger partial charge in [0, 0.05) is 32.5 Å². The van der Waals surface area contributed by atoms with Crippen LogP contribution in [0.1, 0.15) is 196 Å². The van der Waals surface area contributed by atoms with Crippen LogP contribution in [0.3, 0.4) is 0 Å². The van der Waals surface area contributed by atoms with Crippen molar-refractivity contribution in [2.75, 3.05) is 26.2 Å². The Morgan fingerprint density at radius 1 is 0.625 bits per heavy atom. The van der Waals surface area contributed by atoms with Crippen LogP contribution >= 0.6 is 0 Å². The predicted octanol–water partition coefficient (Wildman–Crippen LogP) is 6.97. The van der Waals surface area contributed by atoms with Crippen molar-refractivity contribution in [3.8, 4) is 0 Å². The lowest BCUT2D eigenvalue weighted by Crippen LogP contribution is -2.49. The molecule has 5 aromatic rings. The number of nitrogens with zero attached hydrogens (tertiary/aromatic N) is 6. The van der Waals surface area contributed by atoms with Gasteiger partial charge in [-0.15, -0.1) is 0 Å². The summed E-state index contributed by atoms with van der Waals surface area (Å²) in [5, 5.41) is 29.1. The zero-order valence-corrected chi connectivity index (χ0v) is 51.3. The summed E-state index contributed by atoms with van der Waals surface area (Å²) in [4.78, 5) is 100. The van der Waals surface area contributed by atoms with Gasteiger partial charge in [0.15, 0.2) is 11.6 Å². The molecule has 13 N–H and O–H groups in total. The Hall–Kier alpha value is -8.49. The number of hydrogen-bond acceptors (Lipinski definition) is 18. The quantitative estimate of drug-likeness (QED) is 0.0145. The molecule has 0 saturated carbocycles. The number of carbonyl (C=O) groups is 7. The number of carboxylic acid groups (broad SMARTS) is 1. The maximum absolute atomic E-state index is 14.3. The van der Waals surface area contributed by atoms with E-state index in [2.05, 4.69) is 41.5 Å². The van der Waals surface area contributed by atoms with Crippen molar-refractivity contribution in [2.45, 2.75) is 184 Å². The lowest BCUT2D eigenvalue weighted by atomic mass is 9.77. The molecule has 0 aliphatic carbocycles. The highest BCUT2D eigenvalue weighted by Crippen LogP contribution is 2.37. The number of aliphatic carboxylic acids is 1. The Balaban J connectivity index is 0.000000356. The number of amides is 7. The molecule has 26 heteroatoms. The molecule has 2 aliphatic heterocycles. The van der Waals surface area contributed by atoms with E-state index in [9.17, 15) is 38.7 Å². The van der Waals surface area contributed by atoms with Crippen molar-refractivity contribution in [3.05, 3.63) is 131 Å². The van der Waals surface area contributed by atoms with E-state index in [0.29, 0.717) is 83.4 Å². The molecule has 0 spiro atoms. The second kappa shape index (κ2) is 32.5. The lowest BCUT2D eigenvalue weighted by molar-refractivity contribution is -0.159. The fraction of sp³-hybridized carbons (Fsp3) is 0.532. The summed E-state index contributed by atoms with van der Waals surface area (Å²) in [6.45, 7) is 12.4. The van der Waals surface area contributed by atoms with Crippen molar-refractivity contribution in [2.24, 2.45) is 22.9 Å². The van der Waals surface area contributed by atoms with E-state index in [1.165, 1.54) is 9.80 Å². The van der Waals surface area contributed by atoms with Gasteiger partial charge < -0.3 is 77.6 Å². The number of hydrogen-bond donors (Lipinski definition) is 9. The molecule has 26 nitrogen and oxygen atoms in total. The molecule has 0 bridgehead atoms. The number of primary amides is 1. The minimum Gasteiger partial charge on any atom is -0.480 e. The number of unbranched alkanes of at least 4 members (excludes halogenated alkanes) is 2. The van der Waals surface area contributed by atoms with E-state index < -0.39 is 89.0 Å². The highest BCUT2D eigenvalue weighted by atomic mass is 16.6. The van der Waals surface area contributed by atoms with Crippen molar-refractivity contribution in [1.82, 2.24) is 51.3 Å². The molecule has 2 unspecified atom stereocenters. The topological polar surface area (TPSA) is 395 Å². The number of nitrogens with one attached hydrogen (secondary N) is 4. The van der Waals surface area contributed by atoms with Gasteiger partial charge in [0.2, 0.25) is 23.6 Å². The van der Waals surface area contributed by atoms with Crippen LogP contribution < -0.4 is 44.2 Å². The first-order valence-electron chi connectivity index (χ1n) is 30.1. The van der Waals surface area contributed by atoms with Crippen molar-refractivity contribution in [3.63, 3.8) is 0 Å². The first-order valence-corrected chi connectivity index (χ1v) is 30.1. The number of ether oxygens (including phenoxy) is 2. The third-order valence-corrected chi connectivity index (χ3v) is 14.6. The van der Waals surface area contributed by atoms with E-state index >= 15 is 0 Å². The molecule has 2 aliphatic rings. The standard InChI is InChI=1S/C45H59N7O7.C17H29N7O5/c1-43(2,3)57-40(54)36-26-18-30-52(36)41(55)48-35(39-49-38(51-59-39)34(46)25-16-17-29-47-42(56)58-44(4,5)6)27-28-37(53)50-45(31-19-10-7-11-20-31,32-21-12-8-13-22-32)33-23-14-9-15-24-33;18-8-2-1-4-10(19)14-22-15(29-23-14)11(6-7-13(20)25)21-17(28)24-9-3-5-12(24)16(26)27/h7-15,19-24,34-36H,16-18,25-30,46H2,1-6H3,(H,47,56)(H,48,55)(H,50,53);10-12H,1-9,18-19H2,(H2,20,25)(H,21,28)(H,26,27)/t34-,35-,36?;10-,11-,12?/m00/s1. The maximum atomic E-state index is 14.3. The van der Waals surface area contributed by atoms with Gasteiger partial charge >= 0.3 is 30.1 Å². The number of carboxylic acids is 1. The van der Waals surface area contributed by atoms with E-state index in [1.807, 2.05) is 91.0 Å². The Labute approximate surface area is 513 Å². The van der Waals surface area contributed by atoms with Gasteiger partial charge in [-0.2, -0.15) is 9.97 Å². The third kappa shape index (κ3) is 20.3. The van der Waals surface area contributed by atoms with Crippen LogP contribution in [0.15, 0.2) is 100 Å². The normalized spacial score (nSPS) is 16.5. The van der Waals surface area contributed by atoms with Crippen LogP contribution in [-0.4, -0.2) is 127 Å². The molecular weight excluding hydrogens is 1130 g/mol. The first kappa shape index (κ1) is 68.6. The van der Waals surface area contributed by atoms with Crippen LogP contribution in [0.25, 0.3) is 0 Å². The van der Waals surface area contributed by atoms with Crippen LogP contribution in [0.4, 0.5) is 14.4 Å². The lowest BCUT2D eigenvalue weighted by Gasteiger charge is -2.37. The zero-order valence-electron chi connectivity index (χ0n) is 51.3. The summed E-state index contributed by atoms with van der Waals surface area (Å²) >= 11 is 0. The summed E-state index contributed by atoms with van der Waals surface area (Å²) in [5.41, 5.74) is 23.5. The fourth-order valence-electron chi connectivity index (χ4n) is 10.3. The minimum atomic E-state index is -1.06. The molecule has 2 saturated heterocycles. The first-order chi connectivity index (χ1) is 41.9. The minimum absolute atomic E-state index is 0.0203. The van der Waals surface area contributed by atoms with Gasteiger partial charge in [0.1, 0.15) is 40.9 Å². The van der Waals surface area contributed by atoms with Gasteiger partial charge in [-0.25, -0.2) is 24.0 Å². The van der Waals surface area contributed by atoms with Gasteiger partial charge in [-0.1, -0.05) is 108 Å². The van der Waals surface area contributed by atoms with E-state index in [0.717, 1.165) is 29.5 Å². The van der Waals surface area contributed by atoms with Crippen LogP contribution in [0, 0.1) is 0 Å². The van der Waals surface area contributed by atoms with Crippen molar-refractivity contribution < 1.29 is 57.2 Å². The van der Waals surface area contributed by atoms with Gasteiger partial charge in [0.25, 0.3) is 0 Å². The molecular formula is C62H88N14O12. The number of carbonyl (C=O) groups excluding carboxylic acids is 6. The number of aromatic nitrogens is 4. The van der Waals surface area contributed by atoms with Crippen LogP contribution in [-0.2, 0) is 34.2 Å². The number of alkyl carbamates (subject to hydrolysis) is 1. The highest BCUT2D eigenvalue weighted by molar-refractivity contribution is 5.85. The van der Waals surface area contributed by atoms with Crippen LogP contribution in [0.5, 0.6) is 0 Å². The molecule has 0 radical (unpaired) electrons. The number of likely N-dealkylation sites (tertiary alicyclic amines) is 2. The molecule has 478 valence electrons. The molecule has 4 heterocycles. The summed E-state index contributed by atoms with van der Waals surface area (Å²) in [6.07, 6.45) is 5.83. The number of nitrogens with two attached hydrogens (primary N) is 4. The molecule has 2 fully saturated rings. The second-order valence-electron chi connectivity index (χ2n) is 23.9. The Kier molecular flexibility index (Phi) is 25.3. The average molecular weight is 1220 g/mol. The number of urea groups is 2. The zero-order chi connectivity index (χ0) is 64.0. The number of esters is 1. The summed E-state index contributed by atoms with van der Waals surface area (Å²) in [5.74, 6) is -1.67. The van der Waals surface area contributed by atoms with Crippen molar-refractivity contribution in [1.29, 1.82) is 0 Å². The number of rotatable bonds is 27. The van der Waals surface area contributed by atoms with Crippen LogP contribution in [0.2, 0.25) is 0 Å². The van der Waals surface area contributed by atoms with E-state index in [1.54, 1.807) is 41.5 Å². The predicted molar refractivity (Wildman–Crippen MR) is 324 cm³/mol.